The molecular formula is C16H20BrNS. The third kappa shape index (κ3) is 3.61. The van der Waals surface area contributed by atoms with Crippen LogP contribution in [0.2, 0.25) is 0 Å². The second-order valence-electron chi connectivity index (χ2n) is 4.99. The van der Waals surface area contributed by atoms with E-state index in [1.807, 2.05) is 11.3 Å². The van der Waals surface area contributed by atoms with Crippen molar-refractivity contribution in [3.05, 3.63) is 51.7 Å². The molecule has 1 unspecified atom stereocenters. The van der Waals surface area contributed by atoms with Gasteiger partial charge in [0.1, 0.15) is 0 Å². The van der Waals surface area contributed by atoms with Crippen molar-refractivity contribution in [2.45, 2.75) is 31.6 Å². The van der Waals surface area contributed by atoms with Gasteiger partial charge in [-0.3, -0.25) is 0 Å². The average Bonchev–Trinajstić information content (AvgIpc) is 2.90. The van der Waals surface area contributed by atoms with E-state index in [2.05, 4.69) is 77.4 Å². The van der Waals surface area contributed by atoms with E-state index < -0.39 is 0 Å². The summed E-state index contributed by atoms with van der Waals surface area (Å²) in [5, 5.41) is 3.07. The van der Waals surface area contributed by atoms with Gasteiger partial charge in [-0.25, -0.2) is 0 Å². The Balaban J connectivity index is 2.10. The van der Waals surface area contributed by atoms with Crippen LogP contribution in [0.1, 0.15) is 22.9 Å². The fourth-order valence-electron chi connectivity index (χ4n) is 2.16. The second kappa shape index (κ2) is 6.58. The highest BCUT2D eigenvalue weighted by atomic mass is 79.9. The van der Waals surface area contributed by atoms with Gasteiger partial charge in [0.2, 0.25) is 0 Å². The van der Waals surface area contributed by atoms with Crippen molar-refractivity contribution in [1.82, 2.24) is 0 Å². The Bertz CT molecular complexity index is 522. The van der Waals surface area contributed by atoms with Crippen LogP contribution in [0.5, 0.6) is 0 Å². The molecule has 2 aromatic rings. The topological polar surface area (TPSA) is 3.24 Å². The van der Waals surface area contributed by atoms with Gasteiger partial charge in [0, 0.05) is 35.4 Å². The standard InChI is InChI=1S/C16H20BrNS/c1-12-9-15(7-6-14(12)11-17)18(3)13(2)10-16-5-4-8-19-16/h4-9,13H,10-11H2,1-3H3. The number of hydrogen-bond donors (Lipinski definition) is 0. The molecule has 0 spiro atoms. The first kappa shape index (κ1) is 14.6. The summed E-state index contributed by atoms with van der Waals surface area (Å²) in [6, 6.07) is 11.6. The van der Waals surface area contributed by atoms with Crippen molar-refractivity contribution < 1.29 is 0 Å². The molecule has 0 amide bonds. The van der Waals surface area contributed by atoms with Crippen LogP contribution in [-0.4, -0.2) is 13.1 Å². The van der Waals surface area contributed by atoms with E-state index in [0.29, 0.717) is 6.04 Å². The Labute approximate surface area is 128 Å². The van der Waals surface area contributed by atoms with Crippen LogP contribution in [0.25, 0.3) is 0 Å². The van der Waals surface area contributed by atoms with E-state index in [4.69, 9.17) is 0 Å². The minimum absolute atomic E-state index is 0.507. The Morgan fingerprint density at radius 1 is 1.32 bits per heavy atom. The summed E-state index contributed by atoms with van der Waals surface area (Å²) in [6.45, 7) is 4.46. The van der Waals surface area contributed by atoms with Crippen LogP contribution in [0.3, 0.4) is 0 Å². The molecule has 19 heavy (non-hydrogen) atoms. The summed E-state index contributed by atoms with van der Waals surface area (Å²) < 4.78 is 0. The number of alkyl halides is 1. The highest BCUT2D eigenvalue weighted by Gasteiger charge is 2.12. The largest absolute Gasteiger partial charge is 0.372 e. The van der Waals surface area contributed by atoms with Gasteiger partial charge >= 0.3 is 0 Å². The van der Waals surface area contributed by atoms with Crippen LogP contribution in [0.4, 0.5) is 5.69 Å². The fourth-order valence-corrected chi connectivity index (χ4v) is 3.62. The fraction of sp³-hybridized carbons (Fsp3) is 0.375. The Morgan fingerprint density at radius 2 is 2.11 bits per heavy atom. The van der Waals surface area contributed by atoms with E-state index in [-0.39, 0.29) is 0 Å². The Morgan fingerprint density at radius 3 is 2.68 bits per heavy atom. The zero-order chi connectivity index (χ0) is 13.8. The summed E-state index contributed by atoms with van der Waals surface area (Å²) >= 11 is 5.37. The van der Waals surface area contributed by atoms with Gasteiger partial charge < -0.3 is 4.90 Å². The number of likely N-dealkylation sites (N-methyl/N-ethyl adjacent to an activating group) is 1. The predicted molar refractivity (Wildman–Crippen MR) is 89.7 cm³/mol. The van der Waals surface area contributed by atoms with Gasteiger partial charge in [0.15, 0.2) is 0 Å². The summed E-state index contributed by atoms with van der Waals surface area (Å²) in [4.78, 5) is 3.82. The van der Waals surface area contributed by atoms with E-state index in [1.165, 1.54) is 21.7 Å². The molecule has 0 fully saturated rings. The maximum Gasteiger partial charge on any atom is 0.0368 e. The lowest BCUT2D eigenvalue weighted by Crippen LogP contribution is -2.30. The molecule has 0 saturated carbocycles. The molecule has 1 nitrogen and oxygen atoms in total. The molecule has 0 aliphatic heterocycles. The molecule has 1 heterocycles. The summed E-state index contributed by atoms with van der Waals surface area (Å²) in [7, 11) is 2.18. The zero-order valence-corrected chi connectivity index (χ0v) is 14.1. The van der Waals surface area contributed by atoms with E-state index >= 15 is 0 Å². The number of benzene rings is 1. The number of hydrogen-bond acceptors (Lipinski definition) is 2. The van der Waals surface area contributed by atoms with Crippen LogP contribution < -0.4 is 4.90 Å². The number of nitrogens with zero attached hydrogens (tertiary/aromatic N) is 1. The SMILES string of the molecule is Cc1cc(N(C)C(C)Cc2cccs2)ccc1CBr. The van der Waals surface area contributed by atoms with Crippen LogP contribution >= 0.6 is 27.3 Å². The molecular weight excluding hydrogens is 318 g/mol. The molecule has 0 saturated heterocycles. The monoisotopic (exact) mass is 337 g/mol. The summed E-state index contributed by atoms with van der Waals surface area (Å²) in [5.41, 5.74) is 4.01. The van der Waals surface area contributed by atoms with Crippen LogP contribution in [0, 0.1) is 6.92 Å². The average molecular weight is 338 g/mol. The zero-order valence-electron chi connectivity index (χ0n) is 11.7. The van der Waals surface area contributed by atoms with Gasteiger partial charge in [-0.15, -0.1) is 11.3 Å². The van der Waals surface area contributed by atoms with Gasteiger partial charge in [-0.2, -0.15) is 0 Å². The van der Waals surface area contributed by atoms with Crippen molar-refractivity contribution >= 4 is 33.0 Å². The first-order valence-electron chi connectivity index (χ1n) is 6.52. The van der Waals surface area contributed by atoms with E-state index in [0.717, 1.165) is 11.8 Å². The third-order valence-corrected chi connectivity index (χ3v) is 5.12. The summed E-state index contributed by atoms with van der Waals surface area (Å²) in [5.74, 6) is 0. The molecule has 0 aliphatic rings. The molecule has 0 bridgehead atoms. The van der Waals surface area contributed by atoms with E-state index in [1.54, 1.807) is 0 Å². The number of halogens is 1. The van der Waals surface area contributed by atoms with Gasteiger partial charge in [0.25, 0.3) is 0 Å². The Hall–Kier alpha value is -0.800. The predicted octanol–water partition coefficient (Wildman–Crippen LogP) is 5.02. The second-order valence-corrected chi connectivity index (χ2v) is 6.58. The van der Waals surface area contributed by atoms with Crippen molar-refractivity contribution in [3.8, 4) is 0 Å². The molecule has 0 N–H and O–H groups in total. The maximum atomic E-state index is 3.53. The first-order valence-corrected chi connectivity index (χ1v) is 8.52. The number of thiophene rings is 1. The number of rotatable bonds is 5. The molecule has 1 aromatic carbocycles. The highest BCUT2D eigenvalue weighted by Crippen LogP contribution is 2.23. The smallest absolute Gasteiger partial charge is 0.0368 e. The lowest BCUT2D eigenvalue weighted by molar-refractivity contribution is 0.688. The minimum atomic E-state index is 0.507. The number of aryl methyl sites for hydroxylation is 1. The Kier molecular flexibility index (Phi) is 5.06. The van der Waals surface area contributed by atoms with E-state index in [9.17, 15) is 0 Å². The van der Waals surface area contributed by atoms with Gasteiger partial charge in [-0.1, -0.05) is 28.1 Å². The molecule has 1 aromatic heterocycles. The first-order chi connectivity index (χ1) is 9.11. The molecule has 102 valence electrons. The molecule has 1 atom stereocenters. The molecule has 2 rings (SSSR count). The summed E-state index contributed by atoms with van der Waals surface area (Å²) in [6.07, 6.45) is 1.10. The minimum Gasteiger partial charge on any atom is -0.372 e. The van der Waals surface area contributed by atoms with Crippen LogP contribution in [0.15, 0.2) is 35.7 Å². The number of anilines is 1. The lowest BCUT2D eigenvalue weighted by Gasteiger charge is -2.27. The van der Waals surface area contributed by atoms with Gasteiger partial charge in [-0.05, 0) is 48.6 Å². The van der Waals surface area contributed by atoms with Crippen molar-refractivity contribution in [2.24, 2.45) is 0 Å². The van der Waals surface area contributed by atoms with Gasteiger partial charge in [0.05, 0.1) is 0 Å². The third-order valence-electron chi connectivity index (χ3n) is 3.62. The lowest BCUT2D eigenvalue weighted by atomic mass is 10.1. The maximum absolute atomic E-state index is 3.53. The molecule has 0 radical (unpaired) electrons. The van der Waals surface area contributed by atoms with Crippen molar-refractivity contribution in [2.75, 3.05) is 11.9 Å². The quantitative estimate of drug-likeness (QED) is 0.692. The highest BCUT2D eigenvalue weighted by molar-refractivity contribution is 9.08. The molecule has 0 aliphatic carbocycles. The normalized spacial score (nSPS) is 12.4. The van der Waals surface area contributed by atoms with Crippen molar-refractivity contribution in [3.63, 3.8) is 0 Å². The molecule has 3 heteroatoms. The van der Waals surface area contributed by atoms with Crippen LogP contribution in [-0.2, 0) is 11.8 Å². The van der Waals surface area contributed by atoms with Crippen molar-refractivity contribution in [1.29, 1.82) is 0 Å².